The van der Waals surface area contributed by atoms with Gasteiger partial charge < -0.3 is 11.0 Å². The summed E-state index contributed by atoms with van der Waals surface area (Å²) in [5, 5.41) is 0. The van der Waals surface area contributed by atoms with E-state index in [2.05, 4.69) is 4.98 Å². The molecule has 11 heavy (non-hydrogen) atoms. The summed E-state index contributed by atoms with van der Waals surface area (Å²) < 4.78 is 1.05. The Hall–Kier alpha value is -0.582. The van der Waals surface area contributed by atoms with Gasteiger partial charge in [0.05, 0.1) is 0 Å². The molecule has 0 spiro atoms. The van der Waals surface area contributed by atoms with Gasteiger partial charge in [-0.05, 0) is 0 Å². The molecule has 0 saturated heterocycles. The predicted octanol–water partition coefficient (Wildman–Crippen LogP) is -3.18. The third-order valence-electron chi connectivity index (χ3n) is 0.834. The summed E-state index contributed by atoms with van der Waals surface area (Å²) in [5.41, 5.74) is -0.635. The molecule has 1 aromatic rings. The average molecular weight is 269 g/mol. The molecule has 7 heteroatoms. The van der Waals surface area contributed by atoms with Crippen LogP contribution < -0.4 is 11.2 Å². The molecule has 0 aliphatic carbocycles. The molecule has 0 saturated carbocycles. The number of rotatable bonds is 0. The second kappa shape index (κ2) is 5.12. The molecule has 0 aliphatic heterocycles. The Bertz CT molecular complexity index is 288. The van der Waals surface area contributed by atoms with E-state index in [0.717, 1.165) is 26.0 Å². The molecule has 0 atom stereocenters. The molecule has 0 amide bonds. The summed E-state index contributed by atoms with van der Waals surface area (Å²) in [6, 6.07) is 1.31. The predicted molar refractivity (Wildman–Crippen MR) is 39.7 cm³/mol. The van der Waals surface area contributed by atoms with Crippen molar-refractivity contribution in [2.75, 3.05) is 0 Å². The maximum absolute atomic E-state index is 10.6. The van der Waals surface area contributed by atoms with E-state index in [9.17, 15) is 9.59 Å². The molecule has 0 fully saturated rings. The fraction of sp³-hybridized carbons (Fsp3) is 0. The fourth-order valence-electron chi connectivity index (χ4n) is 0.416. The van der Waals surface area contributed by atoms with Crippen LogP contribution in [0.3, 0.4) is 0 Å². The first-order valence-electron chi connectivity index (χ1n) is 2.22. The van der Waals surface area contributed by atoms with E-state index in [1.165, 1.54) is 12.3 Å². The van der Waals surface area contributed by atoms with Gasteiger partial charge >= 0.3 is 64.1 Å². The van der Waals surface area contributed by atoms with Crippen molar-refractivity contribution in [3.05, 3.63) is 33.1 Å². The van der Waals surface area contributed by atoms with Crippen molar-refractivity contribution in [1.82, 2.24) is 7.71 Å². The quantitative estimate of drug-likeness (QED) is 0.499. The minimum atomic E-state index is -0.364. The SMILES string of the molecule is O.O.O=c1cc[nH]c(=O)[n]1[Sb]. The van der Waals surface area contributed by atoms with Crippen molar-refractivity contribution in [3.63, 3.8) is 0 Å². The number of aromatic nitrogens is 2. The maximum atomic E-state index is 10.6. The first-order valence-corrected chi connectivity index (χ1v) is 3.36. The van der Waals surface area contributed by atoms with Gasteiger partial charge in [-0.15, -0.1) is 0 Å². The van der Waals surface area contributed by atoms with Crippen molar-refractivity contribution >= 4 is 23.3 Å². The zero-order chi connectivity index (χ0) is 6.85. The average Bonchev–Trinajstić information content (AvgIpc) is 1.83. The molecule has 1 heterocycles. The molecule has 62 valence electrons. The normalized spacial score (nSPS) is 7.73. The van der Waals surface area contributed by atoms with E-state index in [-0.39, 0.29) is 22.2 Å². The molecule has 1 aromatic heterocycles. The van der Waals surface area contributed by atoms with Crippen molar-refractivity contribution < 1.29 is 11.0 Å². The van der Waals surface area contributed by atoms with E-state index in [1.807, 2.05) is 0 Å². The molecule has 6 nitrogen and oxygen atoms in total. The van der Waals surface area contributed by atoms with Gasteiger partial charge in [0.1, 0.15) is 0 Å². The Morgan fingerprint density at radius 2 is 1.91 bits per heavy atom. The van der Waals surface area contributed by atoms with Crippen molar-refractivity contribution in [1.29, 1.82) is 0 Å². The molecule has 2 radical (unpaired) electrons. The summed E-state index contributed by atoms with van der Waals surface area (Å²) in [4.78, 5) is 23.5. The molecule has 0 bridgehead atoms. The number of nitrogens with one attached hydrogen (secondary N) is 1. The molecular formula is C4H7N2O4Sb. The van der Waals surface area contributed by atoms with Crippen LogP contribution in [0.2, 0.25) is 0 Å². The van der Waals surface area contributed by atoms with Crippen LogP contribution in [-0.2, 0) is 0 Å². The topological polar surface area (TPSA) is 118 Å². The van der Waals surface area contributed by atoms with Gasteiger partial charge in [-0.3, -0.25) is 0 Å². The number of aromatic amines is 1. The Balaban J connectivity index is 0. The molecule has 0 aromatic carbocycles. The van der Waals surface area contributed by atoms with Crippen LogP contribution in [0.4, 0.5) is 0 Å². The molecular weight excluding hydrogens is 262 g/mol. The summed E-state index contributed by atoms with van der Waals surface area (Å²) in [7, 11) is 0. The van der Waals surface area contributed by atoms with Crippen LogP contribution >= 0.6 is 0 Å². The second-order valence-electron chi connectivity index (χ2n) is 1.43. The van der Waals surface area contributed by atoms with Gasteiger partial charge in [-0.1, -0.05) is 0 Å². The van der Waals surface area contributed by atoms with E-state index < -0.39 is 0 Å². The van der Waals surface area contributed by atoms with Gasteiger partial charge in [-0.25, -0.2) is 0 Å². The third-order valence-corrected chi connectivity index (χ3v) is 1.91. The van der Waals surface area contributed by atoms with Crippen molar-refractivity contribution in [2.24, 2.45) is 0 Å². The van der Waals surface area contributed by atoms with Crippen LogP contribution in [0.25, 0.3) is 0 Å². The fourth-order valence-corrected chi connectivity index (χ4v) is 0.771. The molecule has 0 aliphatic rings. The first kappa shape index (κ1) is 13.0. The van der Waals surface area contributed by atoms with E-state index in [0.29, 0.717) is 0 Å². The summed E-state index contributed by atoms with van der Waals surface area (Å²) in [5.74, 6) is 0. The van der Waals surface area contributed by atoms with Crippen molar-refractivity contribution in [2.45, 2.75) is 0 Å². The summed E-state index contributed by atoms with van der Waals surface area (Å²) in [6.45, 7) is 0. The number of hydrogen-bond acceptors (Lipinski definition) is 2. The molecule has 1 rings (SSSR count). The zero-order valence-electron chi connectivity index (χ0n) is 5.37. The monoisotopic (exact) mass is 268 g/mol. The zero-order valence-corrected chi connectivity index (χ0v) is 7.92. The Kier molecular flexibility index (Phi) is 6.07. The van der Waals surface area contributed by atoms with Gasteiger partial charge in [-0.2, -0.15) is 0 Å². The Morgan fingerprint density at radius 3 is 2.27 bits per heavy atom. The standard InChI is InChI=1S/C4H4N2O2.2H2O.Sb/c7-3-1-2-5-4(8)6-3;;;/h1-2H,(H2,5,6,7,8);2*1H2;/q;;;+1/p-1. The van der Waals surface area contributed by atoms with Crippen molar-refractivity contribution in [3.8, 4) is 0 Å². The number of H-pyrrole nitrogens is 1. The third kappa shape index (κ3) is 2.88. The van der Waals surface area contributed by atoms with E-state index >= 15 is 0 Å². The first-order chi connectivity index (χ1) is 4.22. The summed E-state index contributed by atoms with van der Waals surface area (Å²) in [6.07, 6.45) is 1.33. The second-order valence-corrected chi connectivity index (χ2v) is 2.57. The van der Waals surface area contributed by atoms with Gasteiger partial charge in [0.25, 0.3) is 0 Å². The van der Waals surface area contributed by atoms with E-state index in [4.69, 9.17) is 0 Å². The number of hydrogen-bond donors (Lipinski definition) is 1. The minimum absolute atomic E-state index is 0. The Labute approximate surface area is 75.3 Å². The summed E-state index contributed by atoms with van der Waals surface area (Å²) >= 11 is 1.07. The molecule has 0 unspecified atom stereocenters. The van der Waals surface area contributed by atoms with Crippen LogP contribution in [0.15, 0.2) is 21.9 Å². The van der Waals surface area contributed by atoms with Crippen LogP contribution in [0.1, 0.15) is 0 Å². The van der Waals surface area contributed by atoms with Gasteiger partial charge in [0.2, 0.25) is 0 Å². The molecule has 5 N–H and O–H groups in total. The number of nitrogens with zero attached hydrogens (tertiary/aromatic N) is 1. The van der Waals surface area contributed by atoms with Gasteiger partial charge in [0.15, 0.2) is 0 Å². The van der Waals surface area contributed by atoms with Crippen LogP contribution in [-0.4, -0.2) is 42.0 Å². The van der Waals surface area contributed by atoms with Crippen LogP contribution in [0, 0.1) is 0 Å². The van der Waals surface area contributed by atoms with Gasteiger partial charge in [0, 0.05) is 0 Å². The van der Waals surface area contributed by atoms with E-state index in [1.54, 1.807) is 0 Å². The Morgan fingerprint density at radius 1 is 1.36 bits per heavy atom. The van der Waals surface area contributed by atoms with Crippen LogP contribution in [0.5, 0.6) is 0 Å².